The van der Waals surface area contributed by atoms with Gasteiger partial charge in [-0.15, -0.1) is 0 Å². The van der Waals surface area contributed by atoms with Crippen LogP contribution in [0.15, 0.2) is 77.2 Å². The summed E-state index contributed by atoms with van der Waals surface area (Å²) in [6.45, 7) is 0.376. The number of carboxylic acids is 1. The maximum absolute atomic E-state index is 11.3. The smallest absolute Gasteiger partial charge is 0.223 e. The normalized spacial score (nSPS) is 11.5. The average molecular weight is 414 g/mol. The number of hydrogen-bond acceptors (Lipinski definition) is 6. The largest absolute Gasteiger partial charge is 0.550 e. The van der Waals surface area contributed by atoms with Crippen LogP contribution in [-0.2, 0) is 11.4 Å². The molecule has 3 aromatic carbocycles. The minimum atomic E-state index is -1.22. The van der Waals surface area contributed by atoms with E-state index in [0.29, 0.717) is 34.8 Å². The van der Waals surface area contributed by atoms with Gasteiger partial charge in [0, 0.05) is 18.0 Å². The van der Waals surface area contributed by atoms with Crippen molar-refractivity contribution in [3.8, 4) is 11.5 Å². The SMILES string of the molecule is COc1ccc(/C=C(\CC(=O)[O-])c2nc3ccccc3o2)cc1OCc1ccccc1. The van der Waals surface area contributed by atoms with Gasteiger partial charge >= 0.3 is 0 Å². The van der Waals surface area contributed by atoms with Gasteiger partial charge < -0.3 is 23.8 Å². The zero-order valence-corrected chi connectivity index (χ0v) is 16.9. The molecule has 0 saturated heterocycles. The molecule has 0 bridgehead atoms. The molecular formula is C25H20NO5-. The summed E-state index contributed by atoms with van der Waals surface area (Å²) >= 11 is 0. The van der Waals surface area contributed by atoms with Gasteiger partial charge in [-0.1, -0.05) is 48.5 Å². The summed E-state index contributed by atoms with van der Waals surface area (Å²) in [7, 11) is 1.57. The van der Waals surface area contributed by atoms with Gasteiger partial charge in [-0.2, -0.15) is 0 Å². The summed E-state index contributed by atoms with van der Waals surface area (Å²) in [6.07, 6.45) is 1.37. The number of aliphatic carboxylic acids is 1. The van der Waals surface area contributed by atoms with Crippen LogP contribution in [0.4, 0.5) is 0 Å². The number of nitrogens with zero attached hydrogens (tertiary/aromatic N) is 1. The Bertz CT molecular complexity index is 1190. The molecule has 1 aromatic heterocycles. The molecule has 6 nitrogen and oxygen atoms in total. The van der Waals surface area contributed by atoms with Gasteiger partial charge in [0.05, 0.1) is 7.11 Å². The summed E-state index contributed by atoms with van der Waals surface area (Å²) in [5.41, 5.74) is 3.39. The fourth-order valence-corrected chi connectivity index (χ4v) is 3.19. The van der Waals surface area contributed by atoms with E-state index in [1.807, 2.05) is 54.6 Å². The highest BCUT2D eigenvalue weighted by molar-refractivity contribution is 5.90. The van der Waals surface area contributed by atoms with Crippen LogP contribution in [0.25, 0.3) is 22.7 Å². The number of benzene rings is 3. The second-order valence-corrected chi connectivity index (χ2v) is 6.89. The number of ether oxygens (including phenoxy) is 2. The van der Waals surface area contributed by atoms with Crippen molar-refractivity contribution in [2.45, 2.75) is 13.0 Å². The number of hydrogen-bond donors (Lipinski definition) is 0. The van der Waals surface area contributed by atoms with Gasteiger partial charge in [-0.25, -0.2) is 4.98 Å². The molecule has 0 aliphatic carbocycles. The van der Waals surface area contributed by atoms with Crippen molar-refractivity contribution < 1.29 is 23.8 Å². The predicted octanol–water partition coefficient (Wildman–Crippen LogP) is 4.10. The molecule has 31 heavy (non-hydrogen) atoms. The van der Waals surface area contributed by atoms with Crippen molar-refractivity contribution >= 4 is 28.7 Å². The summed E-state index contributed by atoms with van der Waals surface area (Å²) in [5.74, 6) is 0.150. The topological polar surface area (TPSA) is 84.6 Å². The van der Waals surface area contributed by atoms with Crippen LogP contribution < -0.4 is 14.6 Å². The minimum absolute atomic E-state index is 0.243. The third kappa shape index (κ3) is 4.93. The van der Waals surface area contributed by atoms with Crippen molar-refractivity contribution in [1.29, 1.82) is 0 Å². The summed E-state index contributed by atoms with van der Waals surface area (Å²) in [6, 6.07) is 22.4. The first-order valence-corrected chi connectivity index (χ1v) is 9.73. The molecule has 0 spiro atoms. The number of oxazole rings is 1. The number of carboxylic acid groups (broad SMARTS) is 1. The van der Waals surface area contributed by atoms with Crippen LogP contribution in [0.5, 0.6) is 11.5 Å². The molecule has 0 saturated carbocycles. The Balaban J connectivity index is 1.67. The number of aromatic nitrogens is 1. The Kier molecular flexibility index (Phi) is 5.98. The fraction of sp³-hybridized carbons (Fsp3) is 0.120. The molecule has 4 rings (SSSR count). The summed E-state index contributed by atoms with van der Waals surface area (Å²) < 4.78 is 17.1. The molecule has 4 aromatic rings. The van der Waals surface area contributed by atoms with E-state index in [-0.39, 0.29) is 12.3 Å². The van der Waals surface area contributed by atoms with Crippen molar-refractivity contribution in [2.24, 2.45) is 0 Å². The van der Waals surface area contributed by atoms with Crippen molar-refractivity contribution in [3.63, 3.8) is 0 Å². The lowest BCUT2D eigenvalue weighted by Crippen LogP contribution is -2.22. The van der Waals surface area contributed by atoms with E-state index in [1.54, 1.807) is 31.4 Å². The molecule has 0 fully saturated rings. The monoisotopic (exact) mass is 414 g/mol. The second-order valence-electron chi connectivity index (χ2n) is 6.89. The lowest BCUT2D eigenvalue weighted by molar-refractivity contribution is -0.304. The van der Waals surface area contributed by atoms with Crippen LogP contribution >= 0.6 is 0 Å². The first kappa shape index (κ1) is 20.2. The van der Waals surface area contributed by atoms with Gasteiger partial charge in [-0.3, -0.25) is 0 Å². The first-order valence-electron chi connectivity index (χ1n) is 9.73. The highest BCUT2D eigenvalue weighted by atomic mass is 16.5. The number of para-hydroxylation sites is 2. The van der Waals surface area contributed by atoms with Gasteiger partial charge in [0.25, 0.3) is 0 Å². The molecule has 0 aliphatic heterocycles. The lowest BCUT2D eigenvalue weighted by Gasteiger charge is -2.12. The highest BCUT2D eigenvalue weighted by Crippen LogP contribution is 2.31. The van der Waals surface area contributed by atoms with Crippen molar-refractivity contribution in [1.82, 2.24) is 4.98 Å². The van der Waals surface area contributed by atoms with Crippen molar-refractivity contribution in [2.75, 3.05) is 7.11 Å². The Morgan fingerprint density at radius 1 is 1.03 bits per heavy atom. The quantitative estimate of drug-likeness (QED) is 0.432. The summed E-state index contributed by atoms with van der Waals surface area (Å²) in [4.78, 5) is 15.8. The van der Waals surface area contributed by atoms with Crippen LogP contribution in [0.2, 0.25) is 0 Å². The van der Waals surface area contributed by atoms with E-state index in [9.17, 15) is 9.90 Å². The van der Waals surface area contributed by atoms with E-state index in [2.05, 4.69) is 4.98 Å². The van der Waals surface area contributed by atoms with Gasteiger partial charge in [0.15, 0.2) is 17.1 Å². The molecule has 0 amide bonds. The second kappa shape index (κ2) is 9.17. The number of fused-ring (bicyclic) bond motifs is 1. The lowest BCUT2D eigenvalue weighted by atomic mass is 10.1. The molecule has 0 radical (unpaired) electrons. The van der Waals surface area contributed by atoms with Gasteiger partial charge in [-0.05, 0) is 41.5 Å². The zero-order valence-electron chi connectivity index (χ0n) is 16.9. The van der Waals surface area contributed by atoms with E-state index >= 15 is 0 Å². The number of carbonyl (C=O) groups excluding carboxylic acids is 1. The third-order valence-electron chi connectivity index (χ3n) is 4.67. The van der Waals surface area contributed by atoms with Crippen LogP contribution in [-0.4, -0.2) is 18.1 Å². The predicted molar refractivity (Wildman–Crippen MR) is 115 cm³/mol. The molecular weight excluding hydrogens is 394 g/mol. The molecule has 0 atom stereocenters. The van der Waals surface area contributed by atoms with Gasteiger partial charge in [0.2, 0.25) is 5.89 Å². The molecule has 0 N–H and O–H groups in total. The van der Waals surface area contributed by atoms with Crippen LogP contribution in [0.3, 0.4) is 0 Å². The Labute approximate surface area is 179 Å². The van der Waals surface area contributed by atoms with Gasteiger partial charge in [0.1, 0.15) is 12.1 Å². The molecule has 1 heterocycles. The first-order chi connectivity index (χ1) is 15.1. The van der Waals surface area contributed by atoms with E-state index < -0.39 is 5.97 Å². The third-order valence-corrected chi connectivity index (χ3v) is 4.67. The van der Waals surface area contributed by atoms with E-state index in [4.69, 9.17) is 13.9 Å². The zero-order chi connectivity index (χ0) is 21.6. The Morgan fingerprint density at radius 3 is 2.55 bits per heavy atom. The van der Waals surface area contributed by atoms with Crippen LogP contribution in [0.1, 0.15) is 23.4 Å². The fourth-order valence-electron chi connectivity index (χ4n) is 3.19. The summed E-state index contributed by atoms with van der Waals surface area (Å²) in [5, 5.41) is 11.3. The average Bonchev–Trinajstić information content (AvgIpc) is 3.22. The minimum Gasteiger partial charge on any atom is -0.550 e. The maximum atomic E-state index is 11.3. The van der Waals surface area contributed by atoms with E-state index in [1.165, 1.54) is 0 Å². The molecule has 0 aliphatic rings. The molecule has 0 unspecified atom stereocenters. The number of carbonyl (C=O) groups is 1. The maximum Gasteiger partial charge on any atom is 0.223 e. The number of rotatable bonds is 8. The number of methoxy groups -OCH3 is 1. The molecule has 6 heteroatoms. The van der Waals surface area contributed by atoms with Crippen LogP contribution in [0, 0.1) is 0 Å². The van der Waals surface area contributed by atoms with E-state index in [0.717, 1.165) is 11.1 Å². The molecule has 156 valence electrons. The van der Waals surface area contributed by atoms with Crippen molar-refractivity contribution in [3.05, 3.63) is 89.8 Å². The standard InChI is InChI=1S/C25H21NO5/c1-29-22-12-11-18(14-23(22)30-16-17-7-3-2-4-8-17)13-19(15-24(27)28)25-26-20-9-5-6-10-21(20)31-25/h2-14H,15-16H2,1H3,(H,27,28)/p-1/b19-13+. The Hall–Kier alpha value is -4.06. The highest BCUT2D eigenvalue weighted by Gasteiger charge is 2.13. The Morgan fingerprint density at radius 2 is 1.81 bits per heavy atom.